The van der Waals surface area contributed by atoms with Crippen molar-refractivity contribution < 1.29 is 45.3 Å². The van der Waals surface area contributed by atoms with E-state index in [2.05, 4.69) is 8.37 Å². The highest BCUT2D eigenvalue weighted by atomic mass is 32.2. The Hall–Kier alpha value is -0.340. The van der Waals surface area contributed by atoms with Crippen LogP contribution in [0.1, 0.15) is 0 Å². The van der Waals surface area contributed by atoms with Gasteiger partial charge >= 0.3 is 0 Å². The molecular weight excluding hydrogens is 320 g/mol. The first-order valence-corrected chi connectivity index (χ1v) is 8.96. The SMILES string of the molecule is CS(=O)(=O)OC[C@@H]1O[C@@H](O)[C@H](OS(C)(=O)=O)[C@H](O)[C@@H]1O. The third-order valence-electron chi connectivity index (χ3n) is 2.39. The van der Waals surface area contributed by atoms with E-state index in [1.807, 2.05) is 0 Å². The van der Waals surface area contributed by atoms with E-state index in [-0.39, 0.29) is 0 Å². The van der Waals surface area contributed by atoms with Gasteiger partial charge in [0.2, 0.25) is 0 Å². The summed E-state index contributed by atoms with van der Waals surface area (Å²) in [6.45, 7) is -0.653. The normalized spacial score (nSPS) is 36.0. The zero-order valence-electron chi connectivity index (χ0n) is 10.6. The first-order chi connectivity index (χ1) is 8.91. The van der Waals surface area contributed by atoms with E-state index in [0.29, 0.717) is 6.26 Å². The molecular formula is C8H16O10S2. The summed E-state index contributed by atoms with van der Waals surface area (Å²) in [4.78, 5) is 0. The third kappa shape index (κ3) is 5.21. The molecule has 0 aromatic rings. The van der Waals surface area contributed by atoms with E-state index in [4.69, 9.17) is 4.74 Å². The Morgan fingerprint density at radius 2 is 1.55 bits per heavy atom. The standard InChI is InChI=1S/C8H16O10S2/c1-19(12,13)16-3-4-5(9)6(10)7(8(11)17-4)18-20(2,14)15/h4-11H,3H2,1-2H3/t4-,5+,6+,7+,8+/m0/s1. The molecule has 0 radical (unpaired) electrons. The van der Waals surface area contributed by atoms with Crippen LogP contribution in [0.4, 0.5) is 0 Å². The molecule has 0 spiro atoms. The van der Waals surface area contributed by atoms with Crippen LogP contribution in [0.15, 0.2) is 0 Å². The minimum absolute atomic E-state index is 0.653. The average Bonchev–Trinajstić information content (AvgIpc) is 2.25. The first kappa shape index (κ1) is 17.7. The van der Waals surface area contributed by atoms with Crippen molar-refractivity contribution >= 4 is 20.2 Å². The molecule has 5 atom stereocenters. The molecule has 1 saturated heterocycles. The van der Waals surface area contributed by atoms with Crippen LogP contribution in [0.3, 0.4) is 0 Å². The Bertz CT molecular complexity index is 523. The molecule has 0 aromatic heterocycles. The molecule has 0 saturated carbocycles. The van der Waals surface area contributed by atoms with Gasteiger partial charge in [-0.1, -0.05) is 0 Å². The second-order valence-corrected chi connectivity index (χ2v) is 7.54. The fourth-order valence-electron chi connectivity index (χ4n) is 1.55. The number of aliphatic hydroxyl groups is 3. The summed E-state index contributed by atoms with van der Waals surface area (Å²) in [7, 11) is -7.81. The summed E-state index contributed by atoms with van der Waals surface area (Å²) in [5, 5.41) is 28.9. The van der Waals surface area contributed by atoms with Crippen LogP contribution in [-0.4, -0.2) is 82.0 Å². The molecule has 0 bridgehead atoms. The van der Waals surface area contributed by atoms with Crippen molar-refractivity contribution in [3.8, 4) is 0 Å². The Balaban J connectivity index is 2.76. The van der Waals surface area contributed by atoms with E-state index in [0.717, 1.165) is 6.26 Å². The van der Waals surface area contributed by atoms with Gasteiger partial charge < -0.3 is 20.1 Å². The Labute approximate surface area is 116 Å². The molecule has 12 heteroatoms. The van der Waals surface area contributed by atoms with Gasteiger partial charge in [0.25, 0.3) is 20.2 Å². The van der Waals surface area contributed by atoms with Crippen LogP contribution in [-0.2, 0) is 33.3 Å². The highest BCUT2D eigenvalue weighted by Crippen LogP contribution is 2.23. The second-order valence-electron chi connectivity index (χ2n) is 4.30. The Kier molecular flexibility index (Phi) is 5.48. The molecule has 1 aliphatic heterocycles. The number of ether oxygens (including phenoxy) is 1. The fraction of sp³-hybridized carbons (Fsp3) is 1.00. The molecule has 20 heavy (non-hydrogen) atoms. The molecule has 0 amide bonds. The van der Waals surface area contributed by atoms with Crippen LogP contribution in [0.25, 0.3) is 0 Å². The Morgan fingerprint density at radius 1 is 1.00 bits per heavy atom. The van der Waals surface area contributed by atoms with Gasteiger partial charge in [-0.2, -0.15) is 16.8 Å². The van der Waals surface area contributed by atoms with E-state index in [1.54, 1.807) is 0 Å². The average molecular weight is 336 g/mol. The van der Waals surface area contributed by atoms with Crippen molar-refractivity contribution in [3.63, 3.8) is 0 Å². The maximum atomic E-state index is 11.0. The zero-order valence-corrected chi connectivity index (χ0v) is 12.2. The zero-order chi connectivity index (χ0) is 15.7. The van der Waals surface area contributed by atoms with Gasteiger partial charge in [-0.05, 0) is 0 Å². The number of hydrogen-bond donors (Lipinski definition) is 3. The number of hydrogen-bond acceptors (Lipinski definition) is 10. The largest absolute Gasteiger partial charge is 0.387 e. The van der Waals surface area contributed by atoms with Crippen molar-refractivity contribution in [2.75, 3.05) is 19.1 Å². The number of aliphatic hydroxyl groups excluding tert-OH is 3. The highest BCUT2D eigenvalue weighted by molar-refractivity contribution is 7.86. The van der Waals surface area contributed by atoms with E-state index < -0.39 is 57.5 Å². The topological polar surface area (TPSA) is 157 Å². The van der Waals surface area contributed by atoms with Crippen LogP contribution >= 0.6 is 0 Å². The van der Waals surface area contributed by atoms with E-state index >= 15 is 0 Å². The third-order valence-corrected chi connectivity index (χ3v) is 3.53. The van der Waals surface area contributed by atoms with Crippen molar-refractivity contribution in [3.05, 3.63) is 0 Å². The van der Waals surface area contributed by atoms with Crippen LogP contribution in [0.5, 0.6) is 0 Å². The fourth-order valence-corrected chi connectivity index (χ4v) is 2.55. The molecule has 0 aliphatic carbocycles. The maximum absolute atomic E-state index is 11.0. The highest BCUT2D eigenvalue weighted by Gasteiger charge is 2.46. The smallest absolute Gasteiger partial charge is 0.264 e. The molecule has 1 fully saturated rings. The minimum atomic E-state index is -4.00. The lowest BCUT2D eigenvalue weighted by molar-refractivity contribution is -0.278. The maximum Gasteiger partial charge on any atom is 0.264 e. The van der Waals surface area contributed by atoms with E-state index in [9.17, 15) is 32.2 Å². The molecule has 0 aromatic carbocycles. The van der Waals surface area contributed by atoms with Crippen molar-refractivity contribution in [2.45, 2.75) is 30.7 Å². The first-order valence-electron chi connectivity index (χ1n) is 5.33. The minimum Gasteiger partial charge on any atom is -0.387 e. The van der Waals surface area contributed by atoms with Crippen LogP contribution < -0.4 is 0 Å². The predicted octanol–water partition coefficient (Wildman–Crippen LogP) is -3.25. The number of rotatable bonds is 5. The van der Waals surface area contributed by atoms with Crippen molar-refractivity contribution in [2.24, 2.45) is 0 Å². The molecule has 120 valence electrons. The van der Waals surface area contributed by atoms with Crippen LogP contribution in [0.2, 0.25) is 0 Å². The Morgan fingerprint density at radius 3 is 2.00 bits per heavy atom. The lowest BCUT2D eigenvalue weighted by Crippen LogP contribution is -2.59. The van der Waals surface area contributed by atoms with Crippen molar-refractivity contribution in [1.82, 2.24) is 0 Å². The second kappa shape index (κ2) is 6.19. The molecule has 3 N–H and O–H groups in total. The molecule has 1 aliphatic rings. The summed E-state index contributed by atoms with van der Waals surface area (Å²) in [5.41, 5.74) is 0. The molecule has 0 unspecified atom stereocenters. The van der Waals surface area contributed by atoms with Crippen molar-refractivity contribution in [1.29, 1.82) is 0 Å². The predicted molar refractivity (Wildman–Crippen MR) is 63.4 cm³/mol. The van der Waals surface area contributed by atoms with Gasteiger partial charge in [-0.25, -0.2) is 0 Å². The molecule has 10 nitrogen and oxygen atoms in total. The summed E-state index contributed by atoms with van der Waals surface area (Å²) < 4.78 is 57.1. The van der Waals surface area contributed by atoms with Crippen LogP contribution in [0, 0.1) is 0 Å². The summed E-state index contributed by atoms with van der Waals surface area (Å²) in [5.74, 6) is 0. The lowest BCUT2D eigenvalue weighted by Gasteiger charge is -2.39. The quantitative estimate of drug-likeness (QED) is 0.435. The summed E-state index contributed by atoms with van der Waals surface area (Å²) in [6.07, 6.45) is -7.02. The van der Waals surface area contributed by atoms with Gasteiger partial charge in [0.15, 0.2) is 12.4 Å². The van der Waals surface area contributed by atoms with Gasteiger partial charge in [0.05, 0.1) is 19.1 Å². The van der Waals surface area contributed by atoms with E-state index in [1.165, 1.54) is 0 Å². The summed E-state index contributed by atoms with van der Waals surface area (Å²) >= 11 is 0. The monoisotopic (exact) mass is 336 g/mol. The van der Waals surface area contributed by atoms with Gasteiger partial charge in [-0.3, -0.25) is 8.37 Å². The van der Waals surface area contributed by atoms with Gasteiger partial charge in [0, 0.05) is 0 Å². The molecule has 1 heterocycles. The van der Waals surface area contributed by atoms with Gasteiger partial charge in [-0.15, -0.1) is 0 Å². The summed E-state index contributed by atoms with van der Waals surface area (Å²) in [6, 6.07) is 0. The molecule has 1 rings (SSSR count). The lowest BCUT2D eigenvalue weighted by atomic mass is 9.99. The van der Waals surface area contributed by atoms with Gasteiger partial charge in [0.1, 0.15) is 18.3 Å².